The summed E-state index contributed by atoms with van der Waals surface area (Å²) >= 11 is 0.948. The van der Waals surface area contributed by atoms with Gasteiger partial charge in [-0.05, 0) is 62.2 Å². The van der Waals surface area contributed by atoms with Gasteiger partial charge in [0.25, 0.3) is 5.78 Å². The fraction of sp³-hybridized carbons (Fsp3) is 0.310. The van der Waals surface area contributed by atoms with Gasteiger partial charge in [0.05, 0.1) is 37.6 Å². The zero-order chi connectivity index (χ0) is 28.1. The fourth-order valence-corrected chi connectivity index (χ4v) is 5.24. The molecule has 0 unspecified atom stereocenters. The van der Waals surface area contributed by atoms with Crippen LogP contribution in [0.25, 0.3) is 5.76 Å². The number of unbranched alkanes of at least 4 members (excludes halogenated alkanes) is 1. The van der Waals surface area contributed by atoms with Gasteiger partial charge in [-0.25, -0.2) is 9.78 Å². The van der Waals surface area contributed by atoms with Crippen LogP contribution in [-0.2, 0) is 14.3 Å². The summed E-state index contributed by atoms with van der Waals surface area (Å²) in [7, 11) is 1.26. The van der Waals surface area contributed by atoms with Crippen LogP contribution in [0, 0.1) is 6.92 Å². The van der Waals surface area contributed by atoms with E-state index in [0.29, 0.717) is 41.5 Å². The first-order valence-electron chi connectivity index (χ1n) is 12.6. The first-order chi connectivity index (χ1) is 18.8. The second kappa shape index (κ2) is 12.1. The number of carbonyl (C=O) groups excluding carboxylic acids is 3. The molecule has 2 aromatic carbocycles. The number of hydrogen-bond acceptors (Lipinski definition) is 9. The zero-order valence-corrected chi connectivity index (χ0v) is 23.0. The molecule has 4 rings (SSSR count). The molecule has 1 aliphatic heterocycles. The molecule has 10 heteroatoms. The quantitative estimate of drug-likeness (QED) is 0.117. The van der Waals surface area contributed by atoms with Crippen LogP contribution in [0.4, 0.5) is 5.13 Å². The minimum atomic E-state index is -0.989. The molecule has 0 bridgehead atoms. The Morgan fingerprint density at radius 1 is 1.03 bits per heavy atom. The topological polar surface area (TPSA) is 115 Å². The number of aliphatic hydroxyl groups is 1. The SMILES string of the molecule is CCCCOc1ccc(C(O)=C2C(=O)C(=O)N(c3nc(C)c(C(=O)OC)s3)[C@@H]2c2ccc(OCC)cc2)cc1. The zero-order valence-electron chi connectivity index (χ0n) is 22.2. The number of carbonyl (C=O) groups is 3. The summed E-state index contributed by atoms with van der Waals surface area (Å²) in [5.41, 5.74) is 1.20. The number of ketones is 1. The fourth-order valence-electron chi connectivity index (χ4n) is 4.22. The van der Waals surface area contributed by atoms with Gasteiger partial charge in [-0.15, -0.1) is 0 Å². The Morgan fingerprint density at radius 3 is 2.28 bits per heavy atom. The number of thiazole rings is 1. The molecule has 2 heterocycles. The Balaban J connectivity index is 1.81. The Hall–Kier alpha value is -4.18. The maximum atomic E-state index is 13.4. The van der Waals surface area contributed by atoms with E-state index in [1.54, 1.807) is 55.5 Å². The van der Waals surface area contributed by atoms with Crippen LogP contribution < -0.4 is 14.4 Å². The van der Waals surface area contributed by atoms with Gasteiger partial charge in [-0.1, -0.05) is 36.8 Å². The van der Waals surface area contributed by atoms with Crippen molar-refractivity contribution < 1.29 is 33.7 Å². The van der Waals surface area contributed by atoms with E-state index in [9.17, 15) is 19.5 Å². The number of ether oxygens (including phenoxy) is 3. The summed E-state index contributed by atoms with van der Waals surface area (Å²) in [4.78, 5) is 44.9. The first-order valence-corrected chi connectivity index (χ1v) is 13.4. The maximum Gasteiger partial charge on any atom is 0.350 e. The number of nitrogens with zero attached hydrogens (tertiary/aromatic N) is 2. The van der Waals surface area contributed by atoms with Crippen LogP contribution in [0.3, 0.4) is 0 Å². The number of benzene rings is 2. The van der Waals surface area contributed by atoms with Crippen LogP contribution in [0.5, 0.6) is 11.5 Å². The van der Waals surface area contributed by atoms with Crippen molar-refractivity contribution in [1.82, 2.24) is 4.98 Å². The molecule has 0 saturated carbocycles. The Labute approximate surface area is 230 Å². The summed E-state index contributed by atoms with van der Waals surface area (Å²) in [6.07, 6.45) is 1.92. The average Bonchev–Trinajstić information content (AvgIpc) is 3.45. The lowest BCUT2D eigenvalue weighted by atomic mass is 9.95. The van der Waals surface area contributed by atoms with E-state index in [1.165, 1.54) is 12.0 Å². The van der Waals surface area contributed by atoms with Crippen molar-refractivity contribution in [3.8, 4) is 11.5 Å². The highest BCUT2D eigenvalue weighted by atomic mass is 32.1. The highest BCUT2D eigenvalue weighted by Gasteiger charge is 2.48. The van der Waals surface area contributed by atoms with Crippen LogP contribution in [0.15, 0.2) is 54.1 Å². The molecule has 1 N–H and O–H groups in total. The Kier molecular flexibility index (Phi) is 8.65. The van der Waals surface area contributed by atoms with Crippen molar-refractivity contribution in [1.29, 1.82) is 0 Å². The molecule has 1 amide bonds. The third-order valence-electron chi connectivity index (χ3n) is 6.21. The number of aliphatic hydroxyl groups excluding tert-OH is 1. The second-order valence-corrected chi connectivity index (χ2v) is 9.78. The third kappa shape index (κ3) is 5.65. The predicted molar refractivity (Wildman–Crippen MR) is 147 cm³/mol. The number of methoxy groups -OCH3 is 1. The Morgan fingerprint density at radius 2 is 1.67 bits per heavy atom. The molecule has 0 aliphatic carbocycles. The lowest BCUT2D eigenvalue weighted by Crippen LogP contribution is -2.29. The van der Waals surface area contributed by atoms with E-state index >= 15 is 0 Å². The molecule has 1 aliphatic rings. The molecule has 1 saturated heterocycles. The van der Waals surface area contributed by atoms with E-state index in [2.05, 4.69) is 11.9 Å². The maximum absolute atomic E-state index is 13.4. The minimum Gasteiger partial charge on any atom is -0.507 e. The number of hydrogen-bond donors (Lipinski definition) is 1. The molecule has 204 valence electrons. The van der Waals surface area contributed by atoms with E-state index in [4.69, 9.17) is 14.2 Å². The van der Waals surface area contributed by atoms with Crippen molar-refractivity contribution in [3.63, 3.8) is 0 Å². The highest BCUT2D eigenvalue weighted by molar-refractivity contribution is 7.17. The van der Waals surface area contributed by atoms with Gasteiger partial charge in [-0.3, -0.25) is 14.5 Å². The van der Waals surface area contributed by atoms with Crippen LogP contribution in [-0.4, -0.2) is 48.1 Å². The van der Waals surface area contributed by atoms with Crippen molar-refractivity contribution in [2.45, 2.75) is 39.7 Å². The number of aromatic nitrogens is 1. The van der Waals surface area contributed by atoms with E-state index in [-0.39, 0.29) is 21.3 Å². The van der Waals surface area contributed by atoms with Crippen LogP contribution in [0.2, 0.25) is 0 Å². The number of aryl methyl sites for hydroxylation is 1. The van der Waals surface area contributed by atoms with Crippen molar-refractivity contribution in [2.75, 3.05) is 25.2 Å². The summed E-state index contributed by atoms with van der Waals surface area (Å²) in [6, 6.07) is 12.6. The largest absolute Gasteiger partial charge is 0.507 e. The highest BCUT2D eigenvalue weighted by Crippen LogP contribution is 2.44. The van der Waals surface area contributed by atoms with Crippen LogP contribution >= 0.6 is 11.3 Å². The average molecular weight is 551 g/mol. The number of Topliss-reactive ketones (excluding diaryl/α,β-unsaturated/α-hetero) is 1. The molecule has 0 spiro atoms. The number of amides is 1. The molecule has 9 nitrogen and oxygen atoms in total. The van der Waals surface area contributed by atoms with Crippen LogP contribution in [0.1, 0.15) is 59.2 Å². The van der Waals surface area contributed by atoms with Crippen molar-refractivity contribution in [2.24, 2.45) is 0 Å². The molecule has 0 radical (unpaired) electrons. The van der Waals surface area contributed by atoms with Gasteiger partial charge in [0.1, 0.15) is 22.1 Å². The predicted octanol–water partition coefficient (Wildman–Crippen LogP) is 5.44. The normalized spacial score (nSPS) is 16.4. The van der Waals surface area contributed by atoms with Gasteiger partial charge >= 0.3 is 11.9 Å². The van der Waals surface area contributed by atoms with E-state index in [1.807, 2.05) is 6.92 Å². The summed E-state index contributed by atoms with van der Waals surface area (Å²) in [6.45, 7) is 6.62. The molecule has 1 aromatic heterocycles. The summed E-state index contributed by atoms with van der Waals surface area (Å²) in [5.74, 6) is -1.38. The monoisotopic (exact) mass is 550 g/mol. The standard InChI is InChI=1S/C29H30N2O7S/c1-5-7-16-38-21-14-10-19(11-15-21)24(32)22-23(18-8-12-20(13-9-18)37-6-2)31(27(34)25(22)33)29-30-17(3)26(39-29)28(35)36-4/h8-15,23,32H,5-7,16H2,1-4H3/t23-/m1/s1. The molecule has 1 fully saturated rings. The Bertz CT molecular complexity index is 1390. The number of esters is 1. The van der Waals surface area contributed by atoms with Crippen molar-refractivity contribution in [3.05, 3.63) is 75.8 Å². The van der Waals surface area contributed by atoms with Crippen molar-refractivity contribution >= 4 is 39.9 Å². The molecular formula is C29H30N2O7S. The summed E-state index contributed by atoms with van der Waals surface area (Å²) < 4.78 is 16.1. The molecule has 1 atom stereocenters. The molecular weight excluding hydrogens is 520 g/mol. The van der Waals surface area contributed by atoms with Gasteiger partial charge < -0.3 is 19.3 Å². The molecule has 39 heavy (non-hydrogen) atoms. The van der Waals surface area contributed by atoms with Gasteiger partial charge in [-0.2, -0.15) is 0 Å². The third-order valence-corrected chi connectivity index (χ3v) is 7.34. The number of anilines is 1. The summed E-state index contributed by atoms with van der Waals surface area (Å²) in [5, 5.41) is 11.5. The van der Waals surface area contributed by atoms with E-state index < -0.39 is 23.7 Å². The molecule has 3 aromatic rings. The lowest BCUT2D eigenvalue weighted by molar-refractivity contribution is -0.132. The smallest absolute Gasteiger partial charge is 0.350 e. The lowest BCUT2D eigenvalue weighted by Gasteiger charge is -2.23. The van der Waals surface area contributed by atoms with Gasteiger partial charge in [0, 0.05) is 5.56 Å². The van der Waals surface area contributed by atoms with Gasteiger partial charge in [0.15, 0.2) is 5.13 Å². The van der Waals surface area contributed by atoms with E-state index in [0.717, 1.165) is 24.2 Å². The number of rotatable bonds is 10. The minimum absolute atomic E-state index is 0.0868. The second-order valence-electron chi connectivity index (χ2n) is 8.80. The first kappa shape index (κ1) is 27.8. The van der Waals surface area contributed by atoms with Gasteiger partial charge in [0.2, 0.25) is 0 Å².